The Labute approximate surface area is 170 Å². The Morgan fingerprint density at radius 3 is 2.43 bits per heavy atom. The molecule has 0 unspecified atom stereocenters. The first kappa shape index (κ1) is 19.3. The van der Waals surface area contributed by atoms with Gasteiger partial charge < -0.3 is 4.74 Å². The Kier molecular flexibility index (Phi) is 6.20. The molecule has 0 saturated carbocycles. The number of non-ortho nitro benzene ring substituents is 1. The first-order valence-electron chi connectivity index (χ1n) is 8.40. The van der Waals surface area contributed by atoms with Crippen LogP contribution in [0.1, 0.15) is 16.7 Å². The molecule has 0 atom stereocenters. The predicted molar refractivity (Wildman–Crippen MR) is 111 cm³/mol. The zero-order chi connectivity index (χ0) is 19.9. The van der Waals surface area contributed by atoms with E-state index in [-0.39, 0.29) is 5.69 Å². The smallest absolute Gasteiger partial charge is 0.269 e. The van der Waals surface area contributed by atoms with E-state index in [1.807, 2.05) is 48.5 Å². The Balaban J connectivity index is 1.78. The zero-order valence-corrected chi connectivity index (χ0v) is 16.3. The van der Waals surface area contributed by atoms with Crippen molar-refractivity contribution in [1.82, 2.24) is 0 Å². The van der Waals surface area contributed by atoms with Crippen molar-refractivity contribution in [2.75, 3.05) is 0 Å². The van der Waals surface area contributed by atoms with Crippen molar-refractivity contribution in [3.05, 3.63) is 104 Å². The fraction of sp³-hybridized carbons (Fsp3) is 0.0455. The number of hydrogen-bond donors (Lipinski definition) is 0. The maximum absolute atomic E-state index is 10.8. The molecule has 0 fully saturated rings. The summed E-state index contributed by atoms with van der Waals surface area (Å²) in [5.74, 6) is 0.704. The number of hydrogen-bond acceptors (Lipinski definition) is 4. The number of benzene rings is 3. The van der Waals surface area contributed by atoms with Crippen LogP contribution in [0, 0.1) is 21.4 Å². The standard InChI is InChI=1S/C22H15BrN2O3/c23-21-13-17(6-11-22(21)28-15-16-4-2-1-3-5-16)12-19(14-24)18-7-9-20(10-8-18)25(26)27/h1-13H,15H2/b19-12+. The maximum atomic E-state index is 10.8. The number of rotatable bonds is 6. The van der Waals surface area contributed by atoms with Gasteiger partial charge in [-0.2, -0.15) is 5.26 Å². The third-order valence-corrected chi connectivity index (χ3v) is 4.63. The fourth-order valence-electron chi connectivity index (χ4n) is 2.57. The van der Waals surface area contributed by atoms with Gasteiger partial charge in [0.25, 0.3) is 5.69 Å². The van der Waals surface area contributed by atoms with Crippen molar-refractivity contribution in [2.24, 2.45) is 0 Å². The number of nitriles is 1. The Bertz CT molecular complexity index is 1060. The van der Waals surface area contributed by atoms with Crippen LogP contribution in [0.25, 0.3) is 11.6 Å². The van der Waals surface area contributed by atoms with Crippen molar-refractivity contribution in [2.45, 2.75) is 6.61 Å². The third-order valence-electron chi connectivity index (χ3n) is 4.01. The van der Waals surface area contributed by atoms with Crippen molar-refractivity contribution >= 4 is 33.3 Å². The van der Waals surface area contributed by atoms with Crippen LogP contribution in [0.3, 0.4) is 0 Å². The van der Waals surface area contributed by atoms with Crippen LogP contribution < -0.4 is 4.74 Å². The lowest BCUT2D eigenvalue weighted by Gasteiger charge is -2.09. The molecule has 28 heavy (non-hydrogen) atoms. The number of halogens is 1. The summed E-state index contributed by atoms with van der Waals surface area (Å²) in [7, 11) is 0. The first-order chi connectivity index (χ1) is 13.6. The van der Waals surface area contributed by atoms with E-state index in [0.717, 1.165) is 15.6 Å². The highest BCUT2D eigenvalue weighted by Crippen LogP contribution is 2.29. The van der Waals surface area contributed by atoms with Crippen molar-refractivity contribution < 1.29 is 9.66 Å². The van der Waals surface area contributed by atoms with Gasteiger partial charge in [0.1, 0.15) is 12.4 Å². The fourth-order valence-corrected chi connectivity index (χ4v) is 3.08. The van der Waals surface area contributed by atoms with Crippen molar-refractivity contribution in [3.8, 4) is 11.8 Å². The van der Waals surface area contributed by atoms with Gasteiger partial charge >= 0.3 is 0 Å². The monoisotopic (exact) mass is 434 g/mol. The number of nitro groups is 1. The van der Waals surface area contributed by atoms with Gasteiger partial charge in [0.05, 0.1) is 21.0 Å². The van der Waals surface area contributed by atoms with Crippen LogP contribution in [-0.4, -0.2) is 4.92 Å². The summed E-state index contributed by atoms with van der Waals surface area (Å²) in [5, 5.41) is 20.2. The first-order valence-corrected chi connectivity index (χ1v) is 9.19. The lowest BCUT2D eigenvalue weighted by atomic mass is 10.0. The molecule has 0 radical (unpaired) electrons. The minimum atomic E-state index is -0.467. The van der Waals surface area contributed by atoms with E-state index in [1.54, 1.807) is 18.2 Å². The Morgan fingerprint density at radius 2 is 1.82 bits per heavy atom. The molecule has 138 valence electrons. The molecule has 0 spiro atoms. The van der Waals surface area contributed by atoms with E-state index >= 15 is 0 Å². The molecular formula is C22H15BrN2O3. The lowest BCUT2D eigenvalue weighted by Crippen LogP contribution is -1.95. The molecule has 0 bridgehead atoms. The SMILES string of the molecule is N#C/C(=C\c1ccc(OCc2ccccc2)c(Br)c1)c1ccc([N+](=O)[O-])cc1. The summed E-state index contributed by atoms with van der Waals surface area (Å²) in [6.45, 7) is 0.459. The summed E-state index contributed by atoms with van der Waals surface area (Å²) in [5.41, 5.74) is 2.91. The van der Waals surface area contributed by atoms with Crippen molar-refractivity contribution in [1.29, 1.82) is 5.26 Å². The van der Waals surface area contributed by atoms with Gasteiger partial charge in [-0.05, 0) is 63.0 Å². The van der Waals surface area contributed by atoms with Gasteiger partial charge in [0, 0.05) is 12.1 Å². The molecule has 3 rings (SSSR count). The molecule has 3 aromatic carbocycles. The van der Waals surface area contributed by atoms with Crippen LogP contribution in [0.2, 0.25) is 0 Å². The highest BCUT2D eigenvalue weighted by molar-refractivity contribution is 9.10. The normalized spacial score (nSPS) is 10.9. The summed E-state index contributed by atoms with van der Waals surface area (Å²) in [6.07, 6.45) is 1.73. The third kappa shape index (κ3) is 4.84. The van der Waals surface area contributed by atoms with E-state index < -0.39 is 4.92 Å². The molecule has 0 N–H and O–H groups in total. The molecule has 0 aliphatic rings. The summed E-state index contributed by atoms with van der Waals surface area (Å²) in [4.78, 5) is 10.3. The molecule has 0 heterocycles. The molecular weight excluding hydrogens is 420 g/mol. The predicted octanol–water partition coefficient (Wildman–Crippen LogP) is 6.00. The summed E-state index contributed by atoms with van der Waals surface area (Å²) < 4.78 is 6.61. The summed E-state index contributed by atoms with van der Waals surface area (Å²) in [6, 6.07) is 23.5. The van der Waals surface area contributed by atoms with Gasteiger partial charge in [-0.1, -0.05) is 36.4 Å². The van der Waals surface area contributed by atoms with Crippen LogP contribution in [0.5, 0.6) is 5.75 Å². The second kappa shape index (κ2) is 8.98. The van der Waals surface area contributed by atoms with Crippen LogP contribution >= 0.6 is 15.9 Å². The van der Waals surface area contributed by atoms with Gasteiger partial charge in [-0.25, -0.2) is 0 Å². The number of ether oxygens (including phenoxy) is 1. The molecule has 3 aromatic rings. The van der Waals surface area contributed by atoms with E-state index in [2.05, 4.69) is 22.0 Å². The Hall–Kier alpha value is -3.43. The van der Waals surface area contributed by atoms with E-state index in [0.29, 0.717) is 23.5 Å². The Morgan fingerprint density at radius 1 is 1.11 bits per heavy atom. The minimum absolute atomic E-state index is 0.0105. The van der Waals surface area contributed by atoms with Crippen molar-refractivity contribution in [3.63, 3.8) is 0 Å². The molecule has 0 amide bonds. The molecule has 5 nitrogen and oxygen atoms in total. The largest absolute Gasteiger partial charge is 0.488 e. The average Bonchev–Trinajstić information content (AvgIpc) is 2.72. The quantitative estimate of drug-likeness (QED) is 0.206. The second-order valence-electron chi connectivity index (χ2n) is 5.94. The molecule has 0 aliphatic heterocycles. The number of allylic oxidation sites excluding steroid dienone is 1. The van der Waals surface area contributed by atoms with Gasteiger partial charge in [-0.15, -0.1) is 0 Å². The van der Waals surface area contributed by atoms with Gasteiger partial charge in [-0.3, -0.25) is 10.1 Å². The van der Waals surface area contributed by atoms with Crippen LogP contribution in [0.15, 0.2) is 77.3 Å². The zero-order valence-electron chi connectivity index (χ0n) is 14.7. The lowest BCUT2D eigenvalue weighted by molar-refractivity contribution is -0.384. The molecule has 0 saturated heterocycles. The minimum Gasteiger partial charge on any atom is -0.488 e. The maximum Gasteiger partial charge on any atom is 0.269 e. The van der Waals surface area contributed by atoms with Gasteiger partial charge in [0.15, 0.2) is 0 Å². The molecule has 0 aliphatic carbocycles. The topological polar surface area (TPSA) is 76.2 Å². The van der Waals surface area contributed by atoms with Crippen LogP contribution in [0.4, 0.5) is 5.69 Å². The van der Waals surface area contributed by atoms with E-state index in [1.165, 1.54) is 12.1 Å². The average molecular weight is 435 g/mol. The highest BCUT2D eigenvalue weighted by Gasteiger charge is 2.08. The van der Waals surface area contributed by atoms with Crippen LogP contribution in [-0.2, 0) is 6.61 Å². The van der Waals surface area contributed by atoms with E-state index in [4.69, 9.17) is 4.74 Å². The number of nitrogens with zero attached hydrogens (tertiary/aromatic N) is 2. The van der Waals surface area contributed by atoms with E-state index in [9.17, 15) is 15.4 Å². The number of nitro benzene ring substituents is 1. The second-order valence-corrected chi connectivity index (χ2v) is 6.79. The molecule has 0 aromatic heterocycles. The molecule has 6 heteroatoms. The summed E-state index contributed by atoms with van der Waals surface area (Å²) >= 11 is 3.50. The highest BCUT2D eigenvalue weighted by atomic mass is 79.9. The van der Waals surface area contributed by atoms with Gasteiger partial charge in [0.2, 0.25) is 0 Å².